The number of hydrogen-bond acceptors (Lipinski definition) is 6. The average molecular weight is 460 g/mol. The lowest BCUT2D eigenvalue weighted by atomic mass is 9.96. The molecule has 2 heterocycles. The predicted octanol–water partition coefficient (Wildman–Crippen LogP) is 3.41. The van der Waals surface area contributed by atoms with E-state index in [0.29, 0.717) is 16.5 Å². The van der Waals surface area contributed by atoms with E-state index in [9.17, 15) is 13.2 Å². The first-order chi connectivity index (χ1) is 15.0. The van der Waals surface area contributed by atoms with Crippen LogP contribution in [0.4, 0.5) is 5.69 Å². The van der Waals surface area contributed by atoms with Crippen molar-refractivity contribution in [1.29, 1.82) is 0 Å². The summed E-state index contributed by atoms with van der Waals surface area (Å²) in [6, 6.07) is 12.1. The van der Waals surface area contributed by atoms with E-state index in [1.54, 1.807) is 35.7 Å². The van der Waals surface area contributed by atoms with Crippen LogP contribution in [0.25, 0.3) is 5.65 Å². The van der Waals surface area contributed by atoms with Crippen LogP contribution in [-0.2, 0) is 14.8 Å². The second kappa shape index (κ2) is 9.37. The first kappa shape index (κ1) is 21.8. The molecule has 1 aromatic carbocycles. The largest absolute Gasteiger partial charge is 0.324 e. The highest BCUT2D eigenvalue weighted by Gasteiger charge is 2.31. The average Bonchev–Trinajstić information content (AvgIpc) is 3.21. The van der Waals surface area contributed by atoms with Crippen LogP contribution in [0.3, 0.4) is 0 Å². The molecule has 1 aliphatic rings. The van der Waals surface area contributed by atoms with Crippen LogP contribution in [0, 0.1) is 0 Å². The molecule has 0 aliphatic heterocycles. The molecule has 2 aromatic heterocycles. The standard InChI is InChI=1S/C21H25N5O3S2/c1-25(16-9-3-2-4-10-16)31(28,29)18-12-6-5-11-17(18)22-20(27)15-30-21-24-23-19-13-7-8-14-26(19)21/h5-8,11-14,16H,2-4,9-10,15H2,1H3,(H,22,27). The summed E-state index contributed by atoms with van der Waals surface area (Å²) in [5, 5.41) is 11.5. The highest BCUT2D eigenvalue weighted by Crippen LogP contribution is 2.30. The SMILES string of the molecule is CN(C1CCCCC1)S(=O)(=O)c1ccccc1NC(=O)CSc1nnc2ccccn12. The van der Waals surface area contributed by atoms with Gasteiger partial charge in [-0.1, -0.05) is 49.2 Å². The predicted molar refractivity (Wildman–Crippen MR) is 121 cm³/mol. The molecule has 0 bridgehead atoms. The van der Waals surface area contributed by atoms with Crippen molar-refractivity contribution in [2.24, 2.45) is 0 Å². The number of nitrogens with zero attached hydrogens (tertiary/aromatic N) is 4. The Bertz CT molecular complexity index is 1170. The zero-order chi connectivity index (χ0) is 21.8. The van der Waals surface area contributed by atoms with Gasteiger partial charge in [-0.05, 0) is 37.1 Å². The van der Waals surface area contributed by atoms with Crippen LogP contribution in [-0.4, -0.2) is 52.1 Å². The maximum atomic E-state index is 13.3. The first-order valence-corrected chi connectivity index (χ1v) is 12.7. The number of anilines is 1. The Labute approximate surface area is 186 Å². The van der Waals surface area contributed by atoms with Gasteiger partial charge in [-0.25, -0.2) is 8.42 Å². The Morgan fingerprint density at radius 3 is 2.68 bits per heavy atom. The maximum Gasteiger partial charge on any atom is 0.245 e. The van der Waals surface area contributed by atoms with E-state index >= 15 is 0 Å². The zero-order valence-electron chi connectivity index (χ0n) is 17.3. The summed E-state index contributed by atoms with van der Waals surface area (Å²) in [6.07, 6.45) is 6.80. The minimum atomic E-state index is -3.72. The molecule has 0 unspecified atom stereocenters. The summed E-state index contributed by atoms with van der Waals surface area (Å²) in [7, 11) is -2.08. The summed E-state index contributed by atoms with van der Waals surface area (Å²) >= 11 is 1.24. The molecule has 4 rings (SSSR count). The van der Waals surface area contributed by atoms with Gasteiger partial charge in [0.2, 0.25) is 15.9 Å². The number of carbonyl (C=O) groups is 1. The number of para-hydroxylation sites is 1. The monoisotopic (exact) mass is 459 g/mol. The normalized spacial score (nSPS) is 15.4. The van der Waals surface area contributed by atoms with Gasteiger partial charge < -0.3 is 5.32 Å². The van der Waals surface area contributed by atoms with Gasteiger partial charge in [0.25, 0.3) is 0 Å². The minimum absolute atomic E-state index is 0.000663. The molecule has 1 saturated carbocycles. The van der Waals surface area contributed by atoms with Crippen LogP contribution in [0.5, 0.6) is 0 Å². The smallest absolute Gasteiger partial charge is 0.245 e. The summed E-state index contributed by atoms with van der Waals surface area (Å²) in [4.78, 5) is 12.7. The lowest BCUT2D eigenvalue weighted by molar-refractivity contribution is -0.113. The molecule has 1 amide bonds. The third kappa shape index (κ3) is 4.76. The van der Waals surface area contributed by atoms with Gasteiger partial charge in [-0.2, -0.15) is 4.31 Å². The lowest BCUT2D eigenvalue weighted by Crippen LogP contribution is -2.38. The van der Waals surface area contributed by atoms with Crippen LogP contribution in [0.2, 0.25) is 0 Å². The fourth-order valence-corrected chi connectivity index (χ4v) is 6.11. The number of thioether (sulfide) groups is 1. The Kier molecular flexibility index (Phi) is 6.59. The molecule has 3 aromatic rings. The van der Waals surface area contributed by atoms with Crippen molar-refractivity contribution < 1.29 is 13.2 Å². The van der Waals surface area contributed by atoms with Gasteiger partial charge in [-0.3, -0.25) is 9.20 Å². The topological polar surface area (TPSA) is 96.7 Å². The van der Waals surface area contributed by atoms with Gasteiger partial charge in [0.15, 0.2) is 10.8 Å². The van der Waals surface area contributed by atoms with E-state index in [1.165, 1.54) is 16.1 Å². The van der Waals surface area contributed by atoms with Gasteiger partial charge in [0.05, 0.1) is 11.4 Å². The summed E-state index contributed by atoms with van der Waals surface area (Å²) in [6.45, 7) is 0. The summed E-state index contributed by atoms with van der Waals surface area (Å²) in [5.41, 5.74) is 0.995. The Balaban J connectivity index is 1.47. The third-order valence-corrected chi connectivity index (χ3v) is 8.43. The third-order valence-electron chi connectivity index (χ3n) is 5.52. The van der Waals surface area contributed by atoms with Crippen LogP contribution < -0.4 is 5.32 Å². The van der Waals surface area contributed by atoms with Crippen LogP contribution in [0.15, 0.2) is 58.7 Å². The number of aromatic nitrogens is 3. The maximum absolute atomic E-state index is 13.3. The molecule has 10 heteroatoms. The van der Waals surface area contributed by atoms with E-state index in [-0.39, 0.29) is 22.6 Å². The number of benzene rings is 1. The van der Waals surface area contributed by atoms with Crippen molar-refractivity contribution in [3.8, 4) is 0 Å². The summed E-state index contributed by atoms with van der Waals surface area (Å²) < 4.78 is 29.8. The van der Waals surface area contributed by atoms with Crippen LogP contribution in [0.1, 0.15) is 32.1 Å². The quantitative estimate of drug-likeness (QED) is 0.544. The van der Waals surface area contributed by atoms with E-state index in [1.807, 2.05) is 24.4 Å². The number of fused-ring (bicyclic) bond motifs is 1. The number of nitrogens with one attached hydrogen (secondary N) is 1. The molecular formula is C21H25N5O3S2. The Morgan fingerprint density at radius 1 is 1.13 bits per heavy atom. The highest BCUT2D eigenvalue weighted by molar-refractivity contribution is 7.99. The molecule has 8 nitrogen and oxygen atoms in total. The molecule has 0 spiro atoms. The van der Waals surface area contributed by atoms with Crippen molar-refractivity contribution in [2.75, 3.05) is 18.1 Å². The second-order valence-corrected chi connectivity index (χ2v) is 10.5. The number of pyridine rings is 1. The fraction of sp³-hybridized carbons (Fsp3) is 0.381. The molecule has 0 atom stereocenters. The number of hydrogen-bond donors (Lipinski definition) is 1. The Morgan fingerprint density at radius 2 is 1.87 bits per heavy atom. The molecule has 1 N–H and O–H groups in total. The second-order valence-electron chi connectivity index (χ2n) is 7.56. The van der Waals surface area contributed by atoms with Crippen molar-refractivity contribution in [2.45, 2.75) is 48.2 Å². The molecule has 164 valence electrons. The van der Waals surface area contributed by atoms with Gasteiger partial charge in [-0.15, -0.1) is 10.2 Å². The molecule has 1 fully saturated rings. The minimum Gasteiger partial charge on any atom is -0.324 e. The fourth-order valence-electron chi connectivity index (χ4n) is 3.83. The van der Waals surface area contributed by atoms with Crippen molar-refractivity contribution in [3.05, 3.63) is 48.7 Å². The van der Waals surface area contributed by atoms with E-state index in [0.717, 1.165) is 32.1 Å². The number of amides is 1. The van der Waals surface area contributed by atoms with Gasteiger partial charge >= 0.3 is 0 Å². The lowest BCUT2D eigenvalue weighted by Gasteiger charge is -2.30. The van der Waals surface area contributed by atoms with Crippen LogP contribution >= 0.6 is 11.8 Å². The van der Waals surface area contributed by atoms with Gasteiger partial charge in [0.1, 0.15) is 4.90 Å². The van der Waals surface area contributed by atoms with Crippen molar-refractivity contribution in [3.63, 3.8) is 0 Å². The first-order valence-electron chi connectivity index (χ1n) is 10.3. The molecular weight excluding hydrogens is 434 g/mol. The molecule has 0 radical (unpaired) electrons. The van der Waals surface area contributed by atoms with Crippen molar-refractivity contribution >= 4 is 39.0 Å². The molecule has 31 heavy (non-hydrogen) atoms. The Hall–Kier alpha value is -2.43. The number of sulfonamides is 1. The highest BCUT2D eigenvalue weighted by atomic mass is 32.2. The number of rotatable bonds is 7. The zero-order valence-corrected chi connectivity index (χ0v) is 18.9. The molecule has 1 aliphatic carbocycles. The molecule has 0 saturated heterocycles. The van der Waals surface area contributed by atoms with E-state index in [4.69, 9.17) is 0 Å². The van der Waals surface area contributed by atoms with E-state index in [2.05, 4.69) is 15.5 Å². The van der Waals surface area contributed by atoms with E-state index < -0.39 is 10.0 Å². The number of carbonyl (C=O) groups excluding carboxylic acids is 1. The van der Waals surface area contributed by atoms with Crippen molar-refractivity contribution in [1.82, 2.24) is 18.9 Å². The van der Waals surface area contributed by atoms with Gasteiger partial charge in [0, 0.05) is 19.3 Å². The summed E-state index contributed by atoms with van der Waals surface area (Å²) in [5.74, 6) is -0.219.